The zero-order chi connectivity index (χ0) is 10.8. The van der Waals surface area contributed by atoms with Gasteiger partial charge in [0.05, 0.1) is 0 Å². The standard InChI is InChI=1S/C12H26N2/c1-5-12(13,6-2)9-14(4)8-11-7-10(11)3/h10-11H,5-9,13H2,1-4H3. The van der Waals surface area contributed by atoms with E-state index in [0.717, 1.165) is 31.2 Å². The SMILES string of the molecule is CCC(N)(CC)CN(C)CC1CC1C. The van der Waals surface area contributed by atoms with Crippen molar-refractivity contribution in [3.8, 4) is 0 Å². The first-order chi connectivity index (χ1) is 6.50. The molecule has 0 aromatic rings. The quantitative estimate of drug-likeness (QED) is 0.708. The molecule has 1 aliphatic rings. The van der Waals surface area contributed by atoms with Crippen LogP contribution in [-0.2, 0) is 0 Å². The van der Waals surface area contributed by atoms with Gasteiger partial charge in [-0.15, -0.1) is 0 Å². The molecule has 0 bridgehead atoms. The first-order valence-corrected chi connectivity index (χ1v) is 5.98. The molecule has 1 fully saturated rings. The molecule has 0 aromatic heterocycles. The van der Waals surface area contributed by atoms with E-state index in [-0.39, 0.29) is 5.54 Å². The van der Waals surface area contributed by atoms with Gasteiger partial charge in [0.1, 0.15) is 0 Å². The Morgan fingerprint density at radius 1 is 1.36 bits per heavy atom. The fraction of sp³-hybridized carbons (Fsp3) is 1.00. The summed E-state index contributed by atoms with van der Waals surface area (Å²) in [7, 11) is 2.21. The summed E-state index contributed by atoms with van der Waals surface area (Å²) >= 11 is 0. The molecular formula is C12H26N2. The first-order valence-electron chi connectivity index (χ1n) is 5.98. The first kappa shape index (κ1) is 12.0. The molecular weight excluding hydrogens is 172 g/mol. The van der Waals surface area contributed by atoms with E-state index in [1.165, 1.54) is 13.0 Å². The van der Waals surface area contributed by atoms with Crippen molar-refractivity contribution in [2.45, 2.75) is 45.6 Å². The van der Waals surface area contributed by atoms with E-state index < -0.39 is 0 Å². The highest BCUT2D eigenvalue weighted by Gasteiger charge is 2.34. The highest BCUT2D eigenvalue weighted by Crippen LogP contribution is 2.38. The van der Waals surface area contributed by atoms with Gasteiger partial charge in [-0.3, -0.25) is 0 Å². The molecule has 14 heavy (non-hydrogen) atoms. The monoisotopic (exact) mass is 198 g/mol. The van der Waals surface area contributed by atoms with Gasteiger partial charge in [0.15, 0.2) is 0 Å². The fourth-order valence-corrected chi connectivity index (χ4v) is 2.13. The lowest BCUT2D eigenvalue weighted by molar-refractivity contribution is 0.225. The van der Waals surface area contributed by atoms with Gasteiger partial charge in [0.25, 0.3) is 0 Å². The van der Waals surface area contributed by atoms with Crippen LogP contribution in [0.2, 0.25) is 0 Å². The van der Waals surface area contributed by atoms with Crippen LogP contribution >= 0.6 is 0 Å². The molecule has 0 aromatic carbocycles. The Morgan fingerprint density at radius 3 is 2.21 bits per heavy atom. The lowest BCUT2D eigenvalue weighted by Crippen LogP contribution is -2.48. The number of nitrogens with two attached hydrogens (primary N) is 1. The molecule has 0 radical (unpaired) electrons. The number of hydrogen-bond acceptors (Lipinski definition) is 2. The smallest absolute Gasteiger partial charge is 0.0278 e. The molecule has 0 amide bonds. The second-order valence-corrected chi connectivity index (χ2v) is 5.24. The minimum absolute atomic E-state index is 0.0346. The lowest BCUT2D eigenvalue weighted by Gasteiger charge is -2.32. The van der Waals surface area contributed by atoms with E-state index in [1.807, 2.05) is 0 Å². The van der Waals surface area contributed by atoms with Crippen LogP contribution in [-0.4, -0.2) is 30.6 Å². The van der Waals surface area contributed by atoms with Gasteiger partial charge in [-0.2, -0.15) is 0 Å². The molecule has 2 nitrogen and oxygen atoms in total. The van der Waals surface area contributed by atoms with Crippen molar-refractivity contribution >= 4 is 0 Å². The van der Waals surface area contributed by atoms with E-state index >= 15 is 0 Å². The summed E-state index contributed by atoms with van der Waals surface area (Å²) in [6, 6.07) is 0. The molecule has 2 heteroatoms. The molecule has 84 valence electrons. The van der Waals surface area contributed by atoms with Crippen molar-refractivity contribution in [3.63, 3.8) is 0 Å². The molecule has 0 saturated heterocycles. The highest BCUT2D eigenvalue weighted by molar-refractivity contribution is 4.88. The van der Waals surface area contributed by atoms with E-state index in [1.54, 1.807) is 0 Å². The maximum atomic E-state index is 6.29. The van der Waals surface area contributed by atoms with Gasteiger partial charge in [-0.1, -0.05) is 20.8 Å². The lowest BCUT2D eigenvalue weighted by atomic mass is 9.93. The molecule has 2 N–H and O–H groups in total. The number of rotatable bonds is 6. The van der Waals surface area contributed by atoms with Crippen LogP contribution in [0.4, 0.5) is 0 Å². The predicted molar refractivity (Wildman–Crippen MR) is 62.3 cm³/mol. The number of likely N-dealkylation sites (N-methyl/N-ethyl adjacent to an activating group) is 1. The van der Waals surface area contributed by atoms with Gasteiger partial charge >= 0.3 is 0 Å². The minimum atomic E-state index is 0.0346. The summed E-state index contributed by atoms with van der Waals surface area (Å²) < 4.78 is 0. The van der Waals surface area contributed by atoms with Crippen LogP contribution in [0.5, 0.6) is 0 Å². The average Bonchev–Trinajstić information content (AvgIpc) is 2.81. The van der Waals surface area contributed by atoms with Gasteiger partial charge < -0.3 is 10.6 Å². The predicted octanol–water partition coefficient (Wildman–Crippen LogP) is 2.09. The van der Waals surface area contributed by atoms with E-state index in [2.05, 4.69) is 32.7 Å². The Hall–Kier alpha value is -0.0800. The molecule has 0 spiro atoms. The van der Waals surface area contributed by atoms with E-state index in [9.17, 15) is 0 Å². The van der Waals surface area contributed by atoms with Crippen LogP contribution in [0, 0.1) is 11.8 Å². The van der Waals surface area contributed by atoms with Crippen LogP contribution in [0.25, 0.3) is 0 Å². The third-order valence-corrected chi connectivity index (χ3v) is 3.82. The molecule has 0 aliphatic heterocycles. The topological polar surface area (TPSA) is 29.3 Å². The summed E-state index contributed by atoms with van der Waals surface area (Å²) in [5, 5.41) is 0. The summed E-state index contributed by atoms with van der Waals surface area (Å²) in [6.07, 6.45) is 3.57. The normalized spacial score (nSPS) is 27.0. The van der Waals surface area contributed by atoms with Crippen molar-refractivity contribution in [2.24, 2.45) is 17.6 Å². The second-order valence-electron chi connectivity index (χ2n) is 5.24. The van der Waals surface area contributed by atoms with E-state index in [4.69, 9.17) is 5.73 Å². The maximum Gasteiger partial charge on any atom is 0.0278 e. The Bertz CT molecular complexity index is 175. The van der Waals surface area contributed by atoms with Crippen molar-refractivity contribution in [1.29, 1.82) is 0 Å². The number of nitrogens with zero attached hydrogens (tertiary/aromatic N) is 1. The summed E-state index contributed by atoms with van der Waals surface area (Å²) in [6.45, 7) is 9.01. The van der Waals surface area contributed by atoms with Crippen LogP contribution < -0.4 is 5.73 Å². The summed E-state index contributed by atoms with van der Waals surface area (Å²) in [4.78, 5) is 2.42. The van der Waals surface area contributed by atoms with Crippen molar-refractivity contribution < 1.29 is 0 Å². The van der Waals surface area contributed by atoms with Crippen LogP contribution in [0.3, 0.4) is 0 Å². The van der Waals surface area contributed by atoms with Crippen LogP contribution in [0.15, 0.2) is 0 Å². The Morgan fingerprint density at radius 2 is 1.86 bits per heavy atom. The Kier molecular flexibility index (Phi) is 3.96. The van der Waals surface area contributed by atoms with E-state index in [0.29, 0.717) is 0 Å². The van der Waals surface area contributed by atoms with Crippen molar-refractivity contribution in [3.05, 3.63) is 0 Å². The van der Waals surface area contributed by atoms with Gasteiger partial charge in [-0.25, -0.2) is 0 Å². The molecule has 0 heterocycles. The van der Waals surface area contributed by atoms with Crippen molar-refractivity contribution in [2.75, 3.05) is 20.1 Å². The minimum Gasteiger partial charge on any atom is -0.324 e. The van der Waals surface area contributed by atoms with Gasteiger partial charge in [0.2, 0.25) is 0 Å². The zero-order valence-electron chi connectivity index (χ0n) is 10.2. The third-order valence-electron chi connectivity index (χ3n) is 3.82. The highest BCUT2D eigenvalue weighted by atomic mass is 15.1. The second kappa shape index (κ2) is 4.63. The molecule has 2 atom stereocenters. The largest absolute Gasteiger partial charge is 0.324 e. The Balaban J connectivity index is 2.27. The molecule has 1 saturated carbocycles. The van der Waals surface area contributed by atoms with Crippen molar-refractivity contribution in [1.82, 2.24) is 4.90 Å². The molecule has 1 rings (SSSR count). The number of hydrogen-bond donors (Lipinski definition) is 1. The van der Waals surface area contributed by atoms with Gasteiger partial charge in [-0.05, 0) is 38.1 Å². The Labute approximate surface area is 88.8 Å². The summed E-state index contributed by atoms with van der Waals surface area (Å²) in [5.41, 5.74) is 6.32. The third kappa shape index (κ3) is 3.25. The zero-order valence-corrected chi connectivity index (χ0v) is 10.2. The molecule has 1 aliphatic carbocycles. The molecule has 2 unspecified atom stereocenters. The maximum absolute atomic E-state index is 6.29. The summed E-state index contributed by atoms with van der Waals surface area (Å²) in [5.74, 6) is 1.89. The van der Waals surface area contributed by atoms with Crippen LogP contribution in [0.1, 0.15) is 40.0 Å². The van der Waals surface area contributed by atoms with Gasteiger partial charge in [0, 0.05) is 18.6 Å². The average molecular weight is 198 g/mol. The fourth-order valence-electron chi connectivity index (χ4n) is 2.13.